The molecule has 0 N–H and O–H groups in total. The van der Waals surface area contributed by atoms with Gasteiger partial charge in [-0.25, -0.2) is 9.78 Å². The van der Waals surface area contributed by atoms with Crippen molar-refractivity contribution < 1.29 is 19.1 Å². The zero-order chi connectivity index (χ0) is 18.7. The first kappa shape index (κ1) is 18.1. The third-order valence-electron chi connectivity index (χ3n) is 3.81. The Kier molecular flexibility index (Phi) is 5.32. The SMILES string of the molecule is CCOC(=O)[C@@H](C)On1c(-c2ccc(OC)cc2)nc2ccc(Cl)cc21. The highest BCUT2D eigenvalue weighted by Gasteiger charge is 2.21. The number of esters is 1. The van der Waals surface area contributed by atoms with Gasteiger partial charge in [0.05, 0.1) is 19.2 Å². The summed E-state index contributed by atoms with van der Waals surface area (Å²) in [4.78, 5) is 22.5. The summed E-state index contributed by atoms with van der Waals surface area (Å²) in [6.07, 6.45) is -0.802. The molecule has 3 rings (SSSR count). The van der Waals surface area contributed by atoms with Gasteiger partial charge in [-0.2, -0.15) is 4.73 Å². The largest absolute Gasteiger partial charge is 0.497 e. The molecule has 0 saturated heterocycles. The summed E-state index contributed by atoms with van der Waals surface area (Å²) in [5.41, 5.74) is 2.19. The van der Waals surface area contributed by atoms with Crippen molar-refractivity contribution >= 4 is 28.6 Å². The quantitative estimate of drug-likeness (QED) is 0.615. The molecule has 0 radical (unpaired) electrons. The summed E-state index contributed by atoms with van der Waals surface area (Å²) >= 11 is 6.13. The van der Waals surface area contributed by atoms with Gasteiger partial charge >= 0.3 is 5.97 Å². The van der Waals surface area contributed by atoms with Gasteiger partial charge in [-0.1, -0.05) is 11.6 Å². The third kappa shape index (κ3) is 3.60. The van der Waals surface area contributed by atoms with E-state index in [1.165, 1.54) is 4.73 Å². The second-order valence-electron chi connectivity index (χ2n) is 5.59. The molecule has 0 fully saturated rings. The van der Waals surface area contributed by atoms with Crippen LogP contribution in [0.5, 0.6) is 5.75 Å². The molecule has 1 aromatic heterocycles. The fourth-order valence-electron chi connectivity index (χ4n) is 2.52. The molecule has 2 aromatic carbocycles. The Bertz CT molecular complexity index is 921. The van der Waals surface area contributed by atoms with E-state index in [0.717, 1.165) is 11.3 Å². The topological polar surface area (TPSA) is 62.6 Å². The van der Waals surface area contributed by atoms with Crippen LogP contribution in [-0.2, 0) is 9.53 Å². The van der Waals surface area contributed by atoms with Crippen molar-refractivity contribution in [3.8, 4) is 17.1 Å². The number of ether oxygens (including phenoxy) is 2. The second kappa shape index (κ2) is 7.66. The minimum Gasteiger partial charge on any atom is -0.497 e. The number of halogens is 1. The van der Waals surface area contributed by atoms with Crippen LogP contribution < -0.4 is 9.57 Å². The van der Waals surface area contributed by atoms with Crippen molar-refractivity contribution in [3.63, 3.8) is 0 Å². The Hall–Kier alpha value is -2.73. The van der Waals surface area contributed by atoms with Crippen molar-refractivity contribution in [1.82, 2.24) is 9.71 Å². The Morgan fingerprint density at radius 1 is 1.23 bits per heavy atom. The van der Waals surface area contributed by atoms with E-state index in [2.05, 4.69) is 4.98 Å². The maximum Gasteiger partial charge on any atom is 0.349 e. The van der Waals surface area contributed by atoms with Crippen LogP contribution in [-0.4, -0.2) is 35.5 Å². The Balaban J connectivity index is 2.07. The number of methoxy groups -OCH3 is 1. The molecule has 0 aliphatic rings. The van der Waals surface area contributed by atoms with E-state index in [9.17, 15) is 4.79 Å². The van der Waals surface area contributed by atoms with Gasteiger partial charge in [-0.05, 0) is 56.3 Å². The highest BCUT2D eigenvalue weighted by molar-refractivity contribution is 6.31. The van der Waals surface area contributed by atoms with E-state index >= 15 is 0 Å². The van der Waals surface area contributed by atoms with E-state index < -0.39 is 12.1 Å². The standard InChI is InChI=1S/C19H19ClN2O4/c1-4-25-19(23)12(2)26-22-17-11-14(20)7-10-16(17)21-18(22)13-5-8-15(24-3)9-6-13/h5-12H,4H2,1-3H3/t12-/m1/s1. The lowest BCUT2D eigenvalue weighted by molar-refractivity contribution is -0.155. The maximum atomic E-state index is 12.0. The molecule has 0 saturated carbocycles. The fourth-order valence-corrected chi connectivity index (χ4v) is 2.68. The Morgan fingerprint density at radius 2 is 1.96 bits per heavy atom. The van der Waals surface area contributed by atoms with Crippen LogP contribution in [0.15, 0.2) is 42.5 Å². The van der Waals surface area contributed by atoms with Gasteiger partial charge in [0.1, 0.15) is 11.3 Å². The summed E-state index contributed by atoms with van der Waals surface area (Å²) < 4.78 is 11.7. The number of carbonyl (C=O) groups is 1. The summed E-state index contributed by atoms with van der Waals surface area (Å²) in [6, 6.07) is 12.7. The van der Waals surface area contributed by atoms with Crippen LogP contribution in [0.3, 0.4) is 0 Å². The molecule has 1 heterocycles. The highest BCUT2D eigenvalue weighted by atomic mass is 35.5. The van der Waals surface area contributed by atoms with E-state index in [0.29, 0.717) is 21.9 Å². The fraction of sp³-hybridized carbons (Fsp3) is 0.263. The number of hydrogen-bond donors (Lipinski definition) is 0. The smallest absolute Gasteiger partial charge is 0.349 e. The number of carbonyl (C=O) groups excluding carboxylic acids is 1. The molecule has 0 unspecified atom stereocenters. The monoisotopic (exact) mass is 374 g/mol. The van der Waals surface area contributed by atoms with Crippen LogP contribution in [0, 0.1) is 0 Å². The Labute approximate surface area is 156 Å². The van der Waals surface area contributed by atoms with Crippen molar-refractivity contribution in [3.05, 3.63) is 47.5 Å². The van der Waals surface area contributed by atoms with Crippen molar-refractivity contribution in [2.75, 3.05) is 13.7 Å². The predicted octanol–water partition coefficient (Wildman–Crippen LogP) is 3.75. The summed E-state index contributed by atoms with van der Waals surface area (Å²) in [5.74, 6) is 0.846. The van der Waals surface area contributed by atoms with Gasteiger partial charge in [0.2, 0.25) is 6.10 Å². The van der Waals surface area contributed by atoms with E-state index in [4.69, 9.17) is 25.9 Å². The molecule has 1 atom stereocenters. The molecule has 26 heavy (non-hydrogen) atoms. The molecule has 0 spiro atoms. The lowest BCUT2D eigenvalue weighted by Crippen LogP contribution is -2.32. The van der Waals surface area contributed by atoms with Gasteiger partial charge in [0.25, 0.3) is 0 Å². The van der Waals surface area contributed by atoms with Gasteiger partial charge < -0.3 is 14.3 Å². The minimum absolute atomic E-state index is 0.286. The lowest BCUT2D eigenvalue weighted by atomic mass is 10.2. The number of hydrogen-bond acceptors (Lipinski definition) is 5. The zero-order valence-electron chi connectivity index (χ0n) is 14.7. The average molecular weight is 375 g/mol. The van der Waals surface area contributed by atoms with Crippen molar-refractivity contribution in [2.45, 2.75) is 20.0 Å². The van der Waals surface area contributed by atoms with Crippen LogP contribution in [0.2, 0.25) is 5.02 Å². The molecule has 7 heteroatoms. The Morgan fingerprint density at radius 3 is 2.62 bits per heavy atom. The summed E-state index contributed by atoms with van der Waals surface area (Å²) in [7, 11) is 1.61. The molecule has 0 amide bonds. The van der Waals surface area contributed by atoms with Gasteiger partial charge in [0, 0.05) is 10.6 Å². The third-order valence-corrected chi connectivity index (χ3v) is 4.04. The van der Waals surface area contributed by atoms with Crippen LogP contribution in [0.1, 0.15) is 13.8 Å². The van der Waals surface area contributed by atoms with E-state index in [1.54, 1.807) is 39.2 Å². The number of aromatic nitrogens is 2. The first-order valence-electron chi connectivity index (χ1n) is 8.19. The first-order chi connectivity index (χ1) is 12.5. The number of imidazole rings is 1. The van der Waals surface area contributed by atoms with E-state index in [1.807, 2.05) is 24.3 Å². The molecular weight excluding hydrogens is 356 g/mol. The molecule has 0 bridgehead atoms. The molecule has 136 valence electrons. The summed E-state index contributed by atoms with van der Waals surface area (Å²) in [6.45, 7) is 3.67. The van der Waals surface area contributed by atoms with Crippen LogP contribution in [0.25, 0.3) is 22.4 Å². The lowest BCUT2D eigenvalue weighted by Gasteiger charge is -2.16. The first-order valence-corrected chi connectivity index (χ1v) is 8.57. The van der Waals surface area contributed by atoms with Gasteiger partial charge in [-0.15, -0.1) is 0 Å². The zero-order valence-corrected chi connectivity index (χ0v) is 15.5. The number of nitrogens with zero attached hydrogens (tertiary/aromatic N) is 2. The van der Waals surface area contributed by atoms with Gasteiger partial charge in [0.15, 0.2) is 5.82 Å². The van der Waals surface area contributed by atoms with Crippen LogP contribution in [0.4, 0.5) is 0 Å². The number of fused-ring (bicyclic) bond motifs is 1. The molecule has 3 aromatic rings. The van der Waals surface area contributed by atoms with Crippen molar-refractivity contribution in [2.24, 2.45) is 0 Å². The van der Waals surface area contributed by atoms with Crippen LogP contribution >= 0.6 is 11.6 Å². The van der Waals surface area contributed by atoms with Crippen molar-refractivity contribution in [1.29, 1.82) is 0 Å². The highest BCUT2D eigenvalue weighted by Crippen LogP contribution is 2.27. The molecule has 6 nitrogen and oxygen atoms in total. The van der Waals surface area contributed by atoms with E-state index in [-0.39, 0.29) is 6.61 Å². The number of benzene rings is 2. The molecule has 0 aliphatic carbocycles. The molecular formula is C19H19ClN2O4. The van der Waals surface area contributed by atoms with Gasteiger partial charge in [-0.3, -0.25) is 0 Å². The number of rotatable bonds is 6. The average Bonchev–Trinajstić information content (AvgIpc) is 2.99. The molecule has 0 aliphatic heterocycles. The second-order valence-corrected chi connectivity index (χ2v) is 6.03. The summed E-state index contributed by atoms with van der Waals surface area (Å²) in [5, 5.41) is 0.548. The minimum atomic E-state index is -0.802. The normalized spacial score (nSPS) is 12.0. The predicted molar refractivity (Wildman–Crippen MR) is 99.4 cm³/mol. The maximum absolute atomic E-state index is 12.0.